The van der Waals surface area contributed by atoms with E-state index in [0.29, 0.717) is 13.1 Å². The fraction of sp³-hybridized carbons (Fsp3) is 0.359. The maximum Gasteiger partial charge on any atom is 0.315 e. The quantitative estimate of drug-likeness (QED) is 0.175. The molecule has 0 spiro atoms. The number of carbonyl (C=O) groups is 1. The zero-order valence-corrected chi connectivity index (χ0v) is 27.9. The summed E-state index contributed by atoms with van der Waals surface area (Å²) in [6.45, 7) is 5.45. The molecule has 1 fully saturated rings. The maximum atomic E-state index is 11.9. The fourth-order valence-corrected chi connectivity index (χ4v) is 6.52. The van der Waals surface area contributed by atoms with E-state index in [4.69, 9.17) is 18.9 Å². The summed E-state index contributed by atoms with van der Waals surface area (Å²) in [7, 11) is 3.35. The van der Waals surface area contributed by atoms with Gasteiger partial charge < -0.3 is 34.7 Å². The second-order valence-electron chi connectivity index (χ2n) is 12.3. The van der Waals surface area contributed by atoms with E-state index in [-0.39, 0.29) is 24.8 Å². The van der Waals surface area contributed by atoms with Gasteiger partial charge in [0.25, 0.3) is 0 Å². The largest absolute Gasteiger partial charge is 0.493 e. The third kappa shape index (κ3) is 7.99. The SMILES string of the molecule is CCNC(=O)NCc1cccc(-c2ccc([C@H]3O[C@@H](CN4CCc5cc(OC)c(OC)cc5C4)C[C@@H](c4ccc(CO)cc4)O3)cc2)c1. The molecule has 2 aliphatic rings. The zero-order chi connectivity index (χ0) is 33.5. The summed E-state index contributed by atoms with van der Waals surface area (Å²) in [6, 6.07) is 28.5. The topological polar surface area (TPSA) is 102 Å². The van der Waals surface area contributed by atoms with Crippen LogP contribution in [0.3, 0.4) is 0 Å². The number of rotatable bonds is 11. The van der Waals surface area contributed by atoms with Gasteiger partial charge in [0.1, 0.15) is 0 Å². The number of nitrogens with one attached hydrogen (secondary N) is 2. The molecule has 2 aliphatic heterocycles. The van der Waals surface area contributed by atoms with Crippen molar-refractivity contribution >= 4 is 6.03 Å². The minimum Gasteiger partial charge on any atom is -0.493 e. The Morgan fingerprint density at radius 2 is 1.58 bits per heavy atom. The standard InChI is InChI=1S/C39H45N3O6/c1-4-40-39(44)41-22-27-6-5-7-31(18-27)28-12-14-30(15-13-28)38-47-34(21-35(48-38)29-10-8-26(25-43)9-11-29)24-42-17-16-32-19-36(45-2)37(46-3)20-33(32)23-42/h5-15,18-20,34-35,38,43H,4,16-17,21-25H2,1-3H3,(H2,40,41,44)/t34-,35+,38+/m1/s1. The lowest BCUT2D eigenvalue weighted by atomic mass is 9.96. The monoisotopic (exact) mass is 651 g/mol. The number of aliphatic hydroxyl groups is 1. The molecular formula is C39H45N3O6. The highest BCUT2D eigenvalue weighted by molar-refractivity contribution is 5.74. The van der Waals surface area contributed by atoms with E-state index in [1.807, 2.05) is 43.3 Å². The summed E-state index contributed by atoms with van der Waals surface area (Å²) >= 11 is 0. The van der Waals surface area contributed by atoms with Gasteiger partial charge in [0.2, 0.25) is 0 Å². The molecule has 3 atom stereocenters. The molecule has 9 nitrogen and oxygen atoms in total. The van der Waals surface area contributed by atoms with Gasteiger partial charge in [0, 0.05) is 44.7 Å². The van der Waals surface area contributed by atoms with Crippen LogP contribution in [0.25, 0.3) is 11.1 Å². The van der Waals surface area contributed by atoms with Crippen molar-refractivity contribution in [3.63, 3.8) is 0 Å². The molecule has 0 unspecified atom stereocenters. The van der Waals surface area contributed by atoms with Crippen LogP contribution in [-0.2, 0) is 35.6 Å². The summed E-state index contributed by atoms with van der Waals surface area (Å²) in [5.41, 5.74) is 8.60. The van der Waals surface area contributed by atoms with Crippen molar-refractivity contribution in [2.24, 2.45) is 0 Å². The number of methoxy groups -OCH3 is 2. The number of benzene rings is 4. The van der Waals surface area contributed by atoms with E-state index < -0.39 is 6.29 Å². The molecule has 1 saturated heterocycles. The van der Waals surface area contributed by atoms with Gasteiger partial charge in [-0.1, -0.05) is 66.7 Å². The first kappa shape index (κ1) is 33.5. The number of amides is 2. The lowest BCUT2D eigenvalue weighted by Gasteiger charge is -2.39. The molecule has 4 aromatic carbocycles. The van der Waals surface area contributed by atoms with Crippen LogP contribution in [0, 0.1) is 0 Å². The lowest BCUT2D eigenvalue weighted by Crippen LogP contribution is -2.41. The van der Waals surface area contributed by atoms with Crippen molar-refractivity contribution in [3.05, 3.63) is 118 Å². The fourth-order valence-electron chi connectivity index (χ4n) is 6.52. The van der Waals surface area contributed by atoms with Crippen molar-refractivity contribution in [2.45, 2.75) is 58.0 Å². The summed E-state index contributed by atoms with van der Waals surface area (Å²) in [5, 5.41) is 15.2. The molecule has 4 aromatic rings. The predicted octanol–water partition coefficient (Wildman–Crippen LogP) is 6.29. The molecule has 0 bridgehead atoms. The van der Waals surface area contributed by atoms with Gasteiger partial charge in [-0.2, -0.15) is 0 Å². The third-order valence-corrected chi connectivity index (χ3v) is 9.11. The Bertz CT molecular complexity index is 1680. The van der Waals surface area contributed by atoms with Crippen molar-refractivity contribution in [2.75, 3.05) is 33.9 Å². The van der Waals surface area contributed by atoms with Crippen LogP contribution in [0.15, 0.2) is 84.9 Å². The second-order valence-corrected chi connectivity index (χ2v) is 12.3. The van der Waals surface area contributed by atoms with E-state index in [1.54, 1.807) is 14.2 Å². The first-order valence-corrected chi connectivity index (χ1v) is 16.6. The summed E-state index contributed by atoms with van der Waals surface area (Å²) in [5.74, 6) is 1.51. The summed E-state index contributed by atoms with van der Waals surface area (Å²) in [4.78, 5) is 14.3. The van der Waals surface area contributed by atoms with Crippen LogP contribution >= 0.6 is 0 Å². The molecular weight excluding hydrogens is 606 g/mol. The van der Waals surface area contributed by atoms with E-state index in [9.17, 15) is 9.90 Å². The highest BCUT2D eigenvalue weighted by atomic mass is 16.7. The number of nitrogens with zero attached hydrogens (tertiary/aromatic N) is 1. The van der Waals surface area contributed by atoms with Crippen LogP contribution in [-0.4, -0.2) is 56.0 Å². The highest BCUT2D eigenvalue weighted by Gasteiger charge is 2.34. The molecule has 0 radical (unpaired) electrons. The molecule has 48 heavy (non-hydrogen) atoms. The van der Waals surface area contributed by atoms with E-state index in [2.05, 4.69) is 64.1 Å². The Hall–Kier alpha value is -4.41. The average molecular weight is 652 g/mol. The highest BCUT2D eigenvalue weighted by Crippen LogP contribution is 2.39. The third-order valence-electron chi connectivity index (χ3n) is 9.11. The number of fused-ring (bicyclic) bond motifs is 1. The Labute approximate surface area is 282 Å². The molecule has 2 amide bonds. The Balaban J connectivity index is 1.18. The number of carbonyl (C=O) groups excluding carboxylic acids is 1. The molecule has 2 heterocycles. The summed E-state index contributed by atoms with van der Waals surface area (Å²) in [6.07, 6.45) is 0.908. The number of hydrogen-bond acceptors (Lipinski definition) is 7. The molecule has 0 aromatic heterocycles. The first-order chi connectivity index (χ1) is 23.5. The van der Waals surface area contributed by atoms with Gasteiger partial charge >= 0.3 is 6.03 Å². The van der Waals surface area contributed by atoms with Gasteiger partial charge in [-0.3, -0.25) is 4.90 Å². The van der Waals surface area contributed by atoms with Crippen molar-refractivity contribution in [1.82, 2.24) is 15.5 Å². The van der Waals surface area contributed by atoms with Crippen molar-refractivity contribution in [3.8, 4) is 22.6 Å². The van der Waals surface area contributed by atoms with E-state index in [0.717, 1.165) is 77.4 Å². The molecule has 3 N–H and O–H groups in total. The first-order valence-electron chi connectivity index (χ1n) is 16.6. The van der Waals surface area contributed by atoms with E-state index in [1.165, 1.54) is 11.1 Å². The zero-order valence-electron chi connectivity index (χ0n) is 27.9. The van der Waals surface area contributed by atoms with Crippen LogP contribution in [0.1, 0.15) is 59.1 Å². The minimum atomic E-state index is -0.533. The van der Waals surface area contributed by atoms with E-state index >= 15 is 0 Å². The normalized spacial score (nSPS) is 19.3. The van der Waals surface area contributed by atoms with Gasteiger partial charge in [-0.15, -0.1) is 0 Å². The minimum absolute atomic E-state index is 0.00716. The maximum absolute atomic E-state index is 11.9. The lowest BCUT2D eigenvalue weighted by molar-refractivity contribution is -0.253. The molecule has 9 heteroatoms. The molecule has 252 valence electrons. The van der Waals surface area contributed by atoms with Crippen LogP contribution in [0.2, 0.25) is 0 Å². The molecule has 0 saturated carbocycles. The Kier molecular flexibility index (Phi) is 10.9. The number of urea groups is 1. The predicted molar refractivity (Wildman–Crippen MR) is 185 cm³/mol. The number of ether oxygens (including phenoxy) is 4. The number of aliphatic hydroxyl groups excluding tert-OH is 1. The average Bonchev–Trinajstić information content (AvgIpc) is 3.13. The molecule has 0 aliphatic carbocycles. The van der Waals surface area contributed by atoms with Crippen LogP contribution < -0.4 is 20.1 Å². The van der Waals surface area contributed by atoms with Crippen molar-refractivity contribution < 1.29 is 28.8 Å². The smallest absolute Gasteiger partial charge is 0.315 e. The van der Waals surface area contributed by atoms with Crippen LogP contribution in [0.4, 0.5) is 4.79 Å². The summed E-state index contributed by atoms with van der Waals surface area (Å²) < 4.78 is 24.4. The van der Waals surface area contributed by atoms with Gasteiger partial charge in [-0.05, 0) is 70.5 Å². The Morgan fingerprint density at radius 1 is 0.854 bits per heavy atom. The van der Waals surface area contributed by atoms with Crippen molar-refractivity contribution in [1.29, 1.82) is 0 Å². The second kappa shape index (κ2) is 15.7. The Morgan fingerprint density at radius 3 is 2.29 bits per heavy atom. The van der Waals surface area contributed by atoms with Gasteiger partial charge in [0.15, 0.2) is 17.8 Å². The van der Waals surface area contributed by atoms with Gasteiger partial charge in [0.05, 0.1) is 33.0 Å². The van der Waals surface area contributed by atoms with Gasteiger partial charge in [-0.25, -0.2) is 4.79 Å². The molecule has 6 rings (SSSR count). The number of hydrogen-bond donors (Lipinski definition) is 3. The van der Waals surface area contributed by atoms with Crippen LogP contribution in [0.5, 0.6) is 11.5 Å².